The van der Waals surface area contributed by atoms with E-state index in [4.69, 9.17) is 4.74 Å². The number of aliphatic imine (C=N–C) groups is 1. The van der Waals surface area contributed by atoms with Crippen molar-refractivity contribution in [3.8, 4) is 0 Å². The van der Waals surface area contributed by atoms with E-state index in [1.165, 1.54) is 0 Å². The first-order chi connectivity index (χ1) is 12.2. The van der Waals surface area contributed by atoms with E-state index in [2.05, 4.69) is 22.3 Å². The van der Waals surface area contributed by atoms with Crippen LogP contribution in [0.4, 0.5) is 0 Å². The van der Waals surface area contributed by atoms with Crippen LogP contribution in [0.15, 0.2) is 65.1 Å². The summed E-state index contributed by atoms with van der Waals surface area (Å²) in [5, 5.41) is 7.36. The van der Waals surface area contributed by atoms with Crippen molar-refractivity contribution in [2.24, 2.45) is 4.99 Å². The minimum Gasteiger partial charge on any atom is -0.457 e. The summed E-state index contributed by atoms with van der Waals surface area (Å²) in [6.07, 6.45) is 5.21. The molecule has 1 aliphatic heterocycles. The molecular formula is C19H22N4O2. The van der Waals surface area contributed by atoms with Gasteiger partial charge < -0.3 is 10.1 Å². The molecule has 3 rings (SSSR count). The Balaban J connectivity index is 1.76. The number of esters is 1. The topological polar surface area (TPSA) is 68.5 Å². The fourth-order valence-electron chi connectivity index (χ4n) is 2.81. The molecule has 1 atom stereocenters. The van der Waals surface area contributed by atoms with E-state index >= 15 is 0 Å². The molecule has 0 bridgehead atoms. The van der Waals surface area contributed by atoms with E-state index < -0.39 is 0 Å². The third kappa shape index (κ3) is 3.96. The van der Waals surface area contributed by atoms with Crippen LogP contribution in [-0.2, 0) is 16.1 Å². The molecule has 2 aromatic rings. The zero-order valence-corrected chi connectivity index (χ0v) is 14.5. The molecule has 0 spiro atoms. The Morgan fingerprint density at radius 1 is 1.28 bits per heavy atom. The number of aromatic nitrogens is 2. The molecule has 1 aromatic carbocycles. The molecule has 25 heavy (non-hydrogen) atoms. The Labute approximate surface area is 147 Å². The Morgan fingerprint density at radius 3 is 2.76 bits per heavy atom. The molecule has 0 saturated heterocycles. The first-order valence-corrected chi connectivity index (χ1v) is 8.45. The van der Waals surface area contributed by atoms with Gasteiger partial charge in [-0.1, -0.05) is 43.7 Å². The molecule has 0 radical (unpaired) electrons. The van der Waals surface area contributed by atoms with E-state index in [0.29, 0.717) is 11.5 Å². The van der Waals surface area contributed by atoms with Gasteiger partial charge >= 0.3 is 5.97 Å². The van der Waals surface area contributed by atoms with Crippen molar-refractivity contribution in [3.05, 3.63) is 65.6 Å². The number of hydrogen-bond donors (Lipinski definition) is 1. The van der Waals surface area contributed by atoms with Gasteiger partial charge in [-0.2, -0.15) is 5.10 Å². The predicted octanol–water partition coefficient (Wildman–Crippen LogP) is 2.88. The third-order valence-electron chi connectivity index (χ3n) is 4.03. The monoisotopic (exact) mass is 338 g/mol. The zero-order chi connectivity index (χ0) is 17.6. The van der Waals surface area contributed by atoms with Gasteiger partial charge in [-0.25, -0.2) is 14.5 Å². The lowest BCUT2D eigenvalue weighted by Crippen LogP contribution is -2.39. The van der Waals surface area contributed by atoms with E-state index in [1.807, 2.05) is 49.5 Å². The molecule has 2 heterocycles. The minimum atomic E-state index is -0.324. The summed E-state index contributed by atoms with van der Waals surface area (Å²) >= 11 is 0. The maximum Gasteiger partial charge on any atom is 0.338 e. The van der Waals surface area contributed by atoms with Gasteiger partial charge in [0.1, 0.15) is 6.61 Å². The maximum absolute atomic E-state index is 12.6. The van der Waals surface area contributed by atoms with Crippen molar-refractivity contribution >= 4 is 11.9 Å². The summed E-state index contributed by atoms with van der Waals surface area (Å²) < 4.78 is 7.18. The second kappa shape index (κ2) is 7.79. The fraction of sp³-hybridized carbons (Fsp3) is 0.316. The van der Waals surface area contributed by atoms with Gasteiger partial charge in [-0.05, 0) is 25.0 Å². The lowest BCUT2D eigenvalue weighted by molar-refractivity contribution is -0.140. The number of nitrogens with zero attached hydrogens (tertiary/aromatic N) is 3. The van der Waals surface area contributed by atoms with Crippen molar-refractivity contribution in [3.63, 3.8) is 0 Å². The standard InChI is InChI=1S/C19H22N4O2/c1-3-8-16-17(18(24)25-13-15-9-5-4-6-10-15)14(2)21-19(22-16)23-12-7-11-20-23/h4-7,9-12,16H,3,8,13H2,1-2H3,(H,21,22). The van der Waals surface area contributed by atoms with E-state index in [9.17, 15) is 4.79 Å². The Bertz CT molecular complexity index is 779. The second-order valence-electron chi connectivity index (χ2n) is 5.93. The first-order valence-electron chi connectivity index (χ1n) is 8.45. The molecule has 1 unspecified atom stereocenters. The van der Waals surface area contributed by atoms with Gasteiger partial charge in [-0.15, -0.1) is 0 Å². The van der Waals surface area contributed by atoms with E-state index in [1.54, 1.807) is 10.9 Å². The van der Waals surface area contributed by atoms with Crippen LogP contribution in [0.2, 0.25) is 0 Å². The van der Waals surface area contributed by atoms with Gasteiger partial charge in [0.2, 0.25) is 5.96 Å². The van der Waals surface area contributed by atoms with Crippen molar-refractivity contribution in [1.29, 1.82) is 0 Å². The van der Waals surface area contributed by atoms with Crippen molar-refractivity contribution < 1.29 is 9.53 Å². The highest BCUT2D eigenvalue weighted by atomic mass is 16.5. The van der Waals surface area contributed by atoms with E-state index in [0.717, 1.165) is 24.1 Å². The smallest absolute Gasteiger partial charge is 0.338 e. The summed E-state index contributed by atoms with van der Waals surface area (Å²) in [6, 6.07) is 11.3. The van der Waals surface area contributed by atoms with Crippen molar-refractivity contribution in [2.45, 2.75) is 39.3 Å². The normalized spacial score (nSPS) is 17.0. The number of rotatable bonds is 5. The average Bonchev–Trinajstić information content (AvgIpc) is 3.15. The lowest BCUT2D eigenvalue weighted by atomic mass is 10.00. The molecule has 0 fully saturated rings. The third-order valence-corrected chi connectivity index (χ3v) is 4.03. The Morgan fingerprint density at radius 2 is 2.08 bits per heavy atom. The molecule has 1 aromatic heterocycles. The summed E-state index contributed by atoms with van der Waals surface area (Å²) in [6.45, 7) is 4.21. The molecule has 0 saturated carbocycles. The number of hydrogen-bond acceptors (Lipinski definition) is 5. The molecule has 6 heteroatoms. The summed E-state index contributed by atoms with van der Waals surface area (Å²) in [4.78, 5) is 17.3. The van der Waals surface area contributed by atoms with Crippen LogP contribution in [0.5, 0.6) is 0 Å². The fourth-order valence-corrected chi connectivity index (χ4v) is 2.81. The van der Waals surface area contributed by atoms with Gasteiger partial charge in [0.25, 0.3) is 0 Å². The number of allylic oxidation sites excluding steroid dienone is 1. The largest absolute Gasteiger partial charge is 0.457 e. The number of carbonyl (C=O) groups is 1. The van der Waals surface area contributed by atoms with Crippen LogP contribution >= 0.6 is 0 Å². The van der Waals surface area contributed by atoms with Crippen molar-refractivity contribution in [1.82, 2.24) is 15.1 Å². The van der Waals surface area contributed by atoms with Gasteiger partial charge in [0.05, 0.1) is 11.6 Å². The first kappa shape index (κ1) is 17.0. The highest BCUT2D eigenvalue weighted by molar-refractivity contribution is 5.95. The van der Waals surface area contributed by atoms with Gasteiger partial charge in [-0.3, -0.25) is 0 Å². The summed E-state index contributed by atoms with van der Waals surface area (Å²) in [5.74, 6) is 0.302. The SMILES string of the molecule is CCCC1N=C(n2cccn2)NC(C)=C1C(=O)OCc1ccccc1. The Hall–Kier alpha value is -2.89. The summed E-state index contributed by atoms with van der Waals surface area (Å²) in [7, 11) is 0. The van der Waals surface area contributed by atoms with Gasteiger partial charge in [0, 0.05) is 18.1 Å². The van der Waals surface area contributed by atoms with Crippen LogP contribution < -0.4 is 5.32 Å². The molecule has 130 valence electrons. The lowest BCUT2D eigenvalue weighted by Gasteiger charge is -2.25. The van der Waals surface area contributed by atoms with Crippen LogP contribution in [0.3, 0.4) is 0 Å². The minimum absolute atomic E-state index is 0.228. The number of ether oxygens (including phenoxy) is 1. The summed E-state index contributed by atoms with van der Waals surface area (Å²) in [5.41, 5.74) is 2.32. The van der Waals surface area contributed by atoms with Crippen LogP contribution in [0, 0.1) is 0 Å². The number of carbonyl (C=O) groups excluding carboxylic acids is 1. The molecule has 1 aliphatic rings. The van der Waals surface area contributed by atoms with Crippen LogP contribution in [-0.4, -0.2) is 27.8 Å². The molecule has 6 nitrogen and oxygen atoms in total. The quantitative estimate of drug-likeness (QED) is 0.851. The highest BCUT2D eigenvalue weighted by Crippen LogP contribution is 2.22. The van der Waals surface area contributed by atoms with Crippen LogP contribution in [0.25, 0.3) is 0 Å². The number of benzene rings is 1. The van der Waals surface area contributed by atoms with Gasteiger partial charge in [0.15, 0.2) is 0 Å². The van der Waals surface area contributed by atoms with Crippen LogP contribution in [0.1, 0.15) is 32.3 Å². The average molecular weight is 338 g/mol. The predicted molar refractivity (Wildman–Crippen MR) is 95.8 cm³/mol. The molecule has 0 amide bonds. The van der Waals surface area contributed by atoms with Crippen molar-refractivity contribution in [2.75, 3.05) is 0 Å². The molecule has 1 N–H and O–H groups in total. The highest BCUT2D eigenvalue weighted by Gasteiger charge is 2.29. The number of nitrogens with one attached hydrogen (secondary N) is 1. The van der Waals surface area contributed by atoms with E-state index in [-0.39, 0.29) is 18.6 Å². The second-order valence-corrected chi connectivity index (χ2v) is 5.93. The zero-order valence-electron chi connectivity index (χ0n) is 14.5. The maximum atomic E-state index is 12.6. The molecular weight excluding hydrogens is 316 g/mol. The Kier molecular flexibility index (Phi) is 5.28. The molecule has 0 aliphatic carbocycles.